The molecule has 0 saturated heterocycles. The van der Waals surface area contributed by atoms with Crippen LogP contribution < -0.4 is 0 Å². The Morgan fingerprint density at radius 1 is 1.12 bits per heavy atom. The van der Waals surface area contributed by atoms with Crippen LogP contribution in [-0.4, -0.2) is 32.4 Å². The van der Waals surface area contributed by atoms with Crippen LogP contribution in [0, 0.1) is 20.2 Å². The Labute approximate surface area is 164 Å². The number of hydrogen-bond acceptors (Lipinski definition) is 8. The second kappa shape index (κ2) is 10.5. The number of nitro groups is 2. The summed E-state index contributed by atoms with van der Waals surface area (Å²) in [6, 6.07) is 4.35. The van der Waals surface area contributed by atoms with E-state index in [1.165, 1.54) is 24.4 Å². The molecule has 10 nitrogen and oxygen atoms in total. The minimum Gasteiger partial charge on any atom is -0.466 e. The maximum absolute atomic E-state index is 11.2. The lowest BCUT2D eigenvalue weighted by Gasteiger charge is -2.03. The molecule has 0 atom stereocenters. The summed E-state index contributed by atoms with van der Waals surface area (Å²) >= 11 is 6.15. The van der Waals surface area contributed by atoms with Gasteiger partial charge >= 0.3 is 5.97 Å². The Kier molecular flexibility index (Phi) is 8.72. The van der Waals surface area contributed by atoms with Gasteiger partial charge in [0, 0.05) is 11.6 Å². The molecule has 2 heterocycles. The second-order valence-corrected chi connectivity index (χ2v) is 6.10. The van der Waals surface area contributed by atoms with Gasteiger partial charge in [-0.1, -0.05) is 0 Å². The minimum absolute atomic E-state index is 0.00296. The number of ether oxygens (including phenoxy) is 1. The van der Waals surface area contributed by atoms with Gasteiger partial charge in [0.15, 0.2) is 0 Å². The molecule has 138 valence electrons. The zero-order chi connectivity index (χ0) is 19.7. The van der Waals surface area contributed by atoms with Crippen molar-refractivity contribution < 1.29 is 19.4 Å². The number of esters is 1. The first kappa shape index (κ1) is 21.6. The first-order valence-corrected chi connectivity index (χ1v) is 8.53. The van der Waals surface area contributed by atoms with E-state index in [-0.39, 0.29) is 30.0 Å². The first-order valence-electron chi connectivity index (χ1n) is 6.95. The summed E-state index contributed by atoms with van der Waals surface area (Å²) < 4.78 is 5.76. The van der Waals surface area contributed by atoms with Gasteiger partial charge in [0.1, 0.15) is 21.6 Å². The van der Waals surface area contributed by atoms with Gasteiger partial charge in [0.2, 0.25) is 0 Å². The van der Waals surface area contributed by atoms with Crippen molar-refractivity contribution in [1.82, 2.24) is 9.97 Å². The van der Waals surface area contributed by atoms with Gasteiger partial charge in [-0.25, -0.2) is 9.97 Å². The summed E-state index contributed by atoms with van der Waals surface area (Å²) in [6.45, 7) is 1.92. The van der Waals surface area contributed by atoms with Gasteiger partial charge in [-0.05, 0) is 50.9 Å². The van der Waals surface area contributed by atoms with E-state index < -0.39 is 15.8 Å². The minimum atomic E-state index is -0.575. The average molecular weight is 492 g/mol. The maximum Gasteiger partial charge on any atom is 0.310 e. The summed E-state index contributed by atoms with van der Waals surface area (Å²) in [7, 11) is 0. The molecular weight excluding hydrogens is 480 g/mol. The molecule has 0 spiro atoms. The Morgan fingerprint density at radius 3 is 2.27 bits per heavy atom. The summed E-state index contributed by atoms with van der Waals surface area (Å²) in [4.78, 5) is 38.3. The second-order valence-electron chi connectivity index (χ2n) is 4.47. The highest BCUT2D eigenvalue weighted by molar-refractivity contribution is 9.10. The Morgan fingerprint density at radius 2 is 1.77 bits per heavy atom. The van der Waals surface area contributed by atoms with Gasteiger partial charge < -0.3 is 4.74 Å². The van der Waals surface area contributed by atoms with Crippen LogP contribution >= 0.6 is 31.9 Å². The van der Waals surface area contributed by atoms with E-state index in [0.717, 1.165) is 6.20 Å². The fourth-order valence-electron chi connectivity index (χ4n) is 1.61. The van der Waals surface area contributed by atoms with Gasteiger partial charge in [-0.2, -0.15) is 0 Å². The Bertz CT molecular complexity index is 801. The van der Waals surface area contributed by atoms with Gasteiger partial charge in [0.05, 0.1) is 22.9 Å². The van der Waals surface area contributed by atoms with Crippen molar-refractivity contribution in [2.75, 3.05) is 6.61 Å². The maximum atomic E-state index is 11.2. The normalized spacial score (nSPS) is 9.65. The van der Waals surface area contributed by atoms with E-state index in [2.05, 4.69) is 41.8 Å². The number of carbonyl (C=O) groups is 1. The number of nitrogens with zero attached hydrogens (tertiary/aromatic N) is 4. The van der Waals surface area contributed by atoms with Gasteiger partial charge in [-0.3, -0.25) is 25.0 Å². The van der Waals surface area contributed by atoms with Crippen molar-refractivity contribution in [3.63, 3.8) is 0 Å². The largest absolute Gasteiger partial charge is 0.466 e. The molecule has 2 aromatic heterocycles. The predicted octanol–water partition coefficient (Wildman–Crippen LogP) is 3.61. The molecule has 2 aromatic rings. The molecule has 0 fully saturated rings. The summed E-state index contributed by atoms with van der Waals surface area (Å²) in [6.07, 6.45) is 2.17. The standard InChI is InChI=1S/C9H9BrN2O4.C5H3BrN2O2/c1-2-16-9(13)4-6-3-8(10)11-5-7(6)12(14)15;6-5-2-1-4(3-7-5)8(9)10/h3,5H,2,4H2,1H3;1-3H. The van der Waals surface area contributed by atoms with E-state index in [9.17, 15) is 25.0 Å². The van der Waals surface area contributed by atoms with Crippen molar-refractivity contribution >= 4 is 49.2 Å². The fourth-order valence-corrected chi connectivity index (χ4v) is 2.22. The van der Waals surface area contributed by atoms with E-state index in [0.29, 0.717) is 9.21 Å². The van der Waals surface area contributed by atoms with E-state index >= 15 is 0 Å². The zero-order valence-electron chi connectivity index (χ0n) is 13.3. The van der Waals surface area contributed by atoms with Crippen LogP contribution in [0.4, 0.5) is 11.4 Å². The molecule has 0 saturated carbocycles. The van der Waals surface area contributed by atoms with Crippen LogP contribution in [0.2, 0.25) is 0 Å². The van der Waals surface area contributed by atoms with E-state index in [1.807, 2.05) is 0 Å². The van der Waals surface area contributed by atoms with E-state index in [1.54, 1.807) is 6.92 Å². The number of carbonyl (C=O) groups excluding carboxylic acids is 1. The van der Waals surface area contributed by atoms with Gasteiger partial charge in [0.25, 0.3) is 11.4 Å². The Hall–Kier alpha value is -2.47. The number of pyridine rings is 2. The lowest BCUT2D eigenvalue weighted by atomic mass is 10.1. The molecule has 0 bridgehead atoms. The van der Waals surface area contributed by atoms with Crippen LogP contribution in [0.1, 0.15) is 12.5 Å². The summed E-state index contributed by atoms with van der Waals surface area (Å²) in [5, 5.41) is 20.7. The highest BCUT2D eigenvalue weighted by Crippen LogP contribution is 2.21. The summed E-state index contributed by atoms with van der Waals surface area (Å²) in [5.74, 6) is -0.497. The van der Waals surface area contributed by atoms with Crippen molar-refractivity contribution in [3.05, 3.63) is 65.6 Å². The van der Waals surface area contributed by atoms with Crippen molar-refractivity contribution in [3.8, 4) is 0 Å². The highest BCUT2D eigenvalue weighted by atomic mass is 79.9. The molecule has 12 heteroatoms. The lowest BCUT2D eigenvalue weighted by molar-refractivity contribution is -0.385. The molecule has 0 aliphatic rings. The lowest BCUT2D eigenvalue weighted by Crippen LogP contribution is -2.09. The summed E-state index contributed by atoms with van der Waals surface area (Å²) in [5.41, 5.74) is 0.102. The van der Waals surface area contributed by atoms with Crippen molar-refractivity contribution in [2.45, 2.75) is 13.3 Å². The van der Waals surface area contributed by atoms with Crippen LogP contribution in [0.5, 0.6) is 0 Å². The van der Waals surface area contributed by atoms with Crippen molar-refractivity contribution in [2.24, 2.45) is 0 Å². The Balaban J connectivity index is 0.000000289. The van der Waals surface area contributed by atoms with Crippen LogP contribution in [0.15, 0.2) is 39.8 Å². The molecule has 0 N–H and O–H groups in total. The molecule has 0 radical (unpaired) electrons. The molecule has 0 aliphatic heterocycles. The monoisotopic (exact) mass is 490 g/mol. The quantitative estimate of drug-likeness (QED) is 0.267. The molecule has 0 aromatic carbocycles. The first-order chi connectivity index (χ1) is 12.2. The van der Waals surface area contributed by atoms with Crippen LogP contribution in [0.25, 0.3) is 0 Å². The van der Waals surface area contributed by atoms with Crippen LogP contribution in [0.3, 0.4) is 0 Å². The molecule has 0 unspecified atom stereocenters. The highest BCUT2D eigenvalue weighted by Gasteiger charge is 2.18. The molecule has 0 amide bonds. The van der Waals surface area contributed by atoms with E-state index in [4.69, 9.17) is 4.74 Å². The number of halogens is 2. The third-order valence-electron chi connectivity index (χ3n) is 2.69. The number of hydrogen-bond donors (Lipinski definition) is 0. The molecule has 26 heavy (non-hydrogen) atoms. The fraction of sp³-hybridized carbons (Fsp3) is 0.214. The molecular formula is C14H12Br2N4O6. The average Bonchev–Trinajstić information content (AvgIpc) is 2.55. The SMILES string of the molecule is CCOC(=O)Cc1cc(Br)ncc1[N+](=O)[O-].O=[N+]([O-])c1ccc(Br)nc1. The van der Waals surface area contributed by atoms with Crippen molar-refractivity contribution in [1.29, 1.82) is 0 Å². The molecule has 0 aliphatic carbocycles. The third kappa shape index (κ3) is 7.19. The topological polar surface area (TPSA) is 138 Å². The molecule has 2 rings (SSSR count). The predicted molar refractivity (Wildman–Crippen MR) is 97.5 cm³/mol. The van der Waals surface area contributed by atoms with Crippen LogP contribution in [-0.2, 0) is 16.0 Å². The van der Waals surface area contributed by atoms with Gasteiger partial charge in [-0.15, -0.1) is 0 Å². The zero-order valence-corrected chi connectivity index (χ0v) is 16.5. The number of aromatic nitrogens is 2. The number of rotatable bonds is 5. The smallest absolute Gasteiger partial charge is 0.310 e. The third-order valence-corrected chi connectivity index (χ3v) is 3.59.